The standard InChI is InChI=1S/C32H28BrClF3N3O4S/c1-38-31(42)29(18-22-8-4-2-5-9-22)39(20-23-12-15-25(33)16-13-23)30(41)21-40(45(43,44)26-10-6-3-7-11-26)28-19-24(32(35,36)37)14-17-27(28)34/h2-17,19,29H,18,20-21H2,1H3,(H,38,42)/t29-/m0/s1. The van der Waals surface area contributed by atoms with Crippen LogP contribution in [0.25, 0.3) is 0 Å². The minimum Gasteiger partial charge on any atom is -0.357 e. The molecule has 0 aromatic heterocycles. The van der Waals surface area contributed by atoms with Crippen molar-refractivity contribution in [3.05, 3.63) is 129 Å². The first kappa shape index (κ1) is 34.0. The highest BCUT2D eigenvalue weighted by Crippen LogP contribution is 2.37. The molecule has 0 saturated heterocycles. The van der Waals surface area contributed by atoms with E-state index in [0.717, 1.165) is 22.2 Å². The van der Waals surface area contributed by atoms with Crippen LogP contribution in [0.4, 0.5) is 18.9 Å². The van der Waals surface area contributed by atoms with Gasteiger partial charge in [0.2, 0.25) is 11.8 Å². The third kappa shape index (κ3) is 8.44. The minimum absolute atomic E-state index is 0.0819. The minimum atomic E-state index is -4.82. The first-order chi connectivity index (χ1) is 21.3. The van der Waals surface area contributed by atoms with Gasteiger partial charge in [-0.05, 0) is 53.6 Å². The van der Waals surface area contributed by atoms with Crippen LogP contribution in [-0.2, 0) is 38.8 Å². The number of benzene rings is 4. The topological polar surface area (TPSA) is 86.8 Å². The summed E-state index contributed by atoms with van der Waals surface area (Å²) in [6.07, 6.45) is -4.74. The van der Waals surface area contributed by atoms with Gasteiger partial charge in [-0.2, -0.15) is 13.2 Å². The molecule has 4 aromatic carbocycles. The van der Waals surface area contributed by atoms with Crippen molar-refractivity contribution >= 4 is 55.1 Å². The van der Waals surface area contributed by atoms with Gasteiger partial charge in [-0.1, -0.05) is 88.2 Å². The summed E-state index contributed by atoms with van der Waals surface area (Å²) in [7, 11) is -3.22. The van der Waals surface area contributed by atoms with E-state index in [4.69, 9.17) is 11.6 Å². The maximum atomic E-state index is 14.3. The van der Waals surface area contributed by atoms with Gasteiger partial charge in [0.05, 0.1) is 21.2 Å². The van der Waals surface area contributed by atoms with Crippen LogP contribution in [0.1, 0.15) is 16.7 Å². The average Bonchev–Trinajstić information content (AvgIpc) is 3.02. The molecule has 0 unspecified atom stereocenters. The number of sulfonamides is 1. The number of alkyl halides is 3. The molecule has 0 bridgehead atoms. The zero-order valence-corrected chi connectivity index (χ0v) is 27.0. The summed E-state index contributed by atoms with van der Waals surface area (Å²) in [4.78, 5) is 28.5. The van der Waals surface area contributed by atoms with Gasteiger partial charge in [0.15, 0.2) is 0 Å². The number of amides is 2. The Morgan fingerprint density at radius 3 is 2.07 bits per heavy atom. The van der Waals surface area contributed by atoms with E-state index < -0.39 is 51.9 Å². The second-order valence-corrected chi connectivity index (χ2v) is 13.1. The summed E-state index contributed by atoms with van der Waals surface area (Å²) < 4.78 is 70.5. The van der Waals surface area contributed by atoms with Gasteiger partial charge in [0.25, 0.3) is 10.0 Å². The Labute approximate surface area is 272 Å². The molecule has 236 valence electrons. The molecule has 13 heteroatoms. The second-order valence-electron chi connectivity index (χ2n) is 9.96. The molecule has 0 aliphatic carbocycles. The molecule has 4 aromatic rings. The molecule has 0 heterocycles. The van der Waals surface area contributed by atoms with Crippen LogP contribution in [0.15, 0.2) is 112 Å². The quantitative estimate of drug-likeness (QED) is 0.187. The van der Waals surface area contributed by atoms with Crippen molar-refractivity contribution in [2.45, 2.75) is 30.1 Å². The van der Waals surface area contributed by atoms with Crippen LogP contribution in [0.2, 0.25) is 5.02 Å². The summed E-state index contributed by atoms with van der Waals surface area (Å²) in [6.45, 7) is -1.05. The fourth-order valence-corrected chi connectivity index (χ4v) is 6.60. The molecule has 4 rings (SSSR count). The Kier molecular flexibility index (Phi) is 10.9. The monoisotopic (exact) mass is 721 g/mol. The van der Waals surface area contributed by atoms with Gasteiger partial charge in [0, 0.05) is 24.5 Å². The van der Waals surface area contributed by atoms with E-state index in [0.29, 0.717) is 15.9 Å². The average molecular weight is 723 g/mol. The highest BCUT2D eigenvalue weighted by molar-refractivity contribution is 9.10. The van der Waals surface area contributed by atoms with E-state index in [9.17, 15) is 31.2 Å². The van der Waals surface area contributed by atoms with Crippen LogP contribution in [0.5, 0.6) is 0 Å². The Balaban J connectivity index is 1.85. The molecule has 0 aliphatic heterocycles. The number of nitrogens with zero attached hydrogens (tertiary/aromatic N) is 2. The fourth-order valence-electron chi connectivity index (χ4n) is 4.62. The summed E-state index contributed by atoms with van der Waals surface area (Å²) in [5.74, 6) is -1.35. The van der Waals surface area contributed by atoms with E-state index in [-0.39, 0.29) is 22.9 Å². The number of hydrogen-bond donors (Lipinski definition) is 1. The smallest absolute Gasteiger partial charge is 0.357 e. The lowest BCUT2D eigenvalue weighted by Gasteiger charge is -2.34. The van der Waals surface area contributed by atoms with Gasteiger partial charge < -0.3 is 10.2 Å². The van der Waals surface area contributed by atoms with Gasteiger partial charge >= 0.3 is 6.18 Å². The van der Waals surface area contributed by atoms with E-state index >= 15 is 0 Å². The Morgan fingerprint density at radius 1 is 0.889 bits per heavy atom. The van der Waals surface area contributed by atoms with Crippen molar-refractivity contribution in [3.63, 3.8) is 0 Å². The maximum absolute atomic E-state index is 14.3. The number of carbonyl (C=O) groups excluding carboxylic acids is 2. The summed E-state index contributed by atoms with van der Waals surface area (Å²) >= 11 is 9.68. The molecule has 0 aliphatic rings. The van der Waals surface area contributed by atoms with E-state index in [1.807, 2.05) is 0 Å². The lowest BCUT2D eigenvalue weighted by atomic mass is 10.0. The molecule has 1 atom stereocenters. The number of likely N-dealkylation sites (N-methyl/N-ethyl adjacent to an activating group) is 1. The van der Waals surface area contributed by atoms with E-state index in [1.54, 1.807) is 60.7 Å². The molecule has 45 heavy (non-hydrogen) atoms. The van der Waals surface area contributed by atoms with Crippen molar-refractivity contribution in [2.75, 3.05) is 17.9 Å². The lowest BCUT2D eigenvalue weighted by molar-refractivity contribution is -0.139. The van der Waals surface area contributed by atoms with Gasteiger partial charge in [0.1, 0.15) is 12.6 Å². The van der Waals surface area contributed by atoms with Crippen molar-refractivity contribution in [3.8, 4) is 0 Å². The van der Waals surface area contributed by atoms with Crippen LogP contribution in [0.3, 0.4) is 0 Å². The van der Waals surface area contributed by atoms with Gasteiger partial charge in [-0.15, -0.1) is 0 Å². The van der Waals surface area contributed by atoms with Crippen molar-refractivity contribution in [2.24, 2.45) is 0 Å². The number of anilines is 1. The largest absolute Gasteiger partial charge is 0.416 e. The summed E-state index contributed by atoms with van der Waals surface area (Å²) in [5, 5.41) is 2.25. The van der Waals surface area contributed by atoms with Gasteiger partial charge in [-0.25, -0.2) is 8.42 Å². The molecule has 0 fully saturated rings. The predicted molar refractivity (Wildman–Crippen MR) is 170 cm³/mol. The second kappa shape index (κ2) is 14.5. The molecule has 0 saturated carbocycles. The zero-order chi connectivity index (χ0) is 32.8. The van der Waals surface area contributed by atoms with Gasteiger partial charge in [-0.3, -0.25) is 13.9 Å². The number of carbonyl (C=O) groups is 2. The van der Waals surface area contributed by atoms with E-state index in [2.05, 4.69) is 21.2 Å². The Hall–Kier alpha value is -3.87. The number of nitrogens with one attached hydrogen (secondary N) is 1. The lowest BCUT2D eigenvalue weighted by Crippen LogP contribution is -2.53. The highest BCUT2D eigenvalue weighted by Gasteiger charge is 2.37. The van der Waals surface area contributed by atoms with Crippen LogP contribution in [0, 0.1) is 0 Å². The molecule has 1 N–H and O–H groups in total. The predicted octanol–water partition coefficient (Wildman–Crippen LogP) is 6.70. The number of hydrogen-bond acceptors (Lipinski definition) is 4. The Morgan fingerprint density at radius 2 is 1.49 bits per heavy atom. The van der Waals surface area contributed by atoms with Crippen molar-refractivity contribution in [1.82, 2.24) is 10.2 Å². The first-order valence-corrected chi connectivity index (χ1v) is 16.2. The molecule has 0 spiro atoms. The zero-order valence-electron chi connectivity index (χ0n) is 23.8. The summed E-state index contributed by atoms with van der Waals surface area (Å²) in [5.41, 5.74) is -0.328. The molecule has 2 amide bonds. The first-order valence-electron chi connectivity index (χ1n) is 13.5. The molecule has 7 nitrogen and oxygen atoms in total. The summed E-state index contributed by atoms with van der Waals surface area (Å²) in [6, 6.07) is 24.0. The van der Waals surface area contributed by atoms with Crippen LogP contribution in [-0.4, -0.2) is 44.8 Å². The Bertz CT molecular complexity index is 1740. The SMILES string of the molecule is CNC(=O)[C@H](Cc1ccccc1)N(Cc1ccc(Br)cc1)C(=O)CN(c1cc(C(F)(F)F)ccc1Cl)S(=O)(=O)c1ccccc1. The van der Waals surface area contributed by atoms with Crippen molar-refractivity contribution in [1.29, 1.82) is 0 Å². The van der Waals surface area contributed by atoms with E-state index in [1.165, 1.54) is 36.2 Å². The third-order valence-corrected chi connectivity index (χ3v) is 9.56. The normalized spacial score (nSPS) is 12.3. The number of halogens is 5. The third-order valence-electron chi connectivity index (χ3n) is 6.94. The highest BCUT2D eigenvalue weighted by atomic mass is 79.9. The molecular formula is C32H28BrClF3N3O4S. The number of rotatable bonds is 11. The molecule has 0 radical (unpaired) electrons. The van der Waals surface area contributed by atoms with Crippen LogP contribution < -0.4 is 9.62 Å². The molecular weight excluding hydrogens is 695 g/mol. The van der Waals surface area contributed by atoms with Crippen LogP contribution >= 0.6 is 27.5 Å². The maximum Gasteiger partial charge on any atom is 0.416 e. The fraction of sp³-hybridized carbons (Fsp3) is 0.188. The van der Waals surface area contributed by atoms with Crippen molar-refractivity contribution < 1.29 is 31.2 Å².